The van der Waals surface area contributed by atoms with E-state index in [1.165, 1.54) is 11.8 Å². The molecule has 0 aliphatic heterocycles. The molecule has 0 atom stereocenters. The minimum atomic E-state index is -0.961. The smallest absolute Gasteiger partial charge is 0.340 e. The first-order chi connectivity index (χ1) is 8.20. The molecule has 4 nitrogen and oxygen atoms in total. The summed E-state index contributed by atoms with van der Waals surface area (Å²) >= 11 is 1.40. The summed E-state index contributed by atoms with van der Waals surface area (Å²) in [6.45, 7) is 1.05. The molecule has 1 rings (SSSR count). The van der Waals surface area contributed by atoms with Gasteiger partial charge in [0, 0.05) is 25.0 Å². The van der Waals surface area contributed by atoms with Gasteiger partial charge in [-0.15, -0.1) is 11.8 Å². The molecule has 0 amide bonds. The van der Waals surface area contributed by atoms with E-state index in [2.05, 4.69) is 0 Å². The zero-order valence-corrected chi connectivity index (χ0v) is 10.8. The average Bonchev–Trinajstić information content (AvgIpc) is 2.33. The van der Waals surface area contributed by atoms with Gasteiger partial charge in [0.1, 0.15) is 11.3 Å². The van der Waals surface area contributed by atoms with Crippen molar-refractivity contribution in [3.8, 4) is 5.75 Å². The molecule has 0 fully saturated rings. The predicted octanol–water partition coefficient (Wildman–Crippen LogP) is 2.52. The van der Waals surface area contributed by atoms with Gasteiger partial charge in [-0.2, -0.15) is 0 Å². The van der Waals surface area contributed by atoms with Crippen LogP contribution < -0.4 is 4.74 Å². The molecule has 0 spiro atoms. The molecule has 94 valence electrons. The summed E-state index contributed by atoms with van der Waals surface area (Å²) in [5.74, 6) is -0.544. The molecular formula is C12H16O4S. The van der Waals surface area contributed by atoms with Crippen molar-refractivity contribution in [2.24, 2.45) is 0 Å². The highest BCUT2D eigenvalue weighted by Crippen LogP contribution is 2.28. The second kappa shape index (κ2) is 7.19. The molecule has 0 saturated carbocycles. The lowest BCUT2D eigenvalue weighted by atomic mass is 10.2. The number of aromatic carboxylic acids is 1. The first kappa shape index (κ1) is 13.9. The van der Waals surface area contributed by atoms with Crippen molar-refractivity contribution in [3.63, 3.8) is 0 Å². The number of ether oxygens (including phenoxy) is 2. The van der Waals surface area contributed by atoms with Gasteiger partial charge in [-0.1, -0.05) is 6.07 Å². The van der Waals surface area contributed by atoms with Crippen LogP contribution in [0, 0.1) is 0 Å². The largest absolute Gasteiger partial charge is 0.493 e. The molecule has 0 aliphatic carbocycles. The van der Waals surface area contributed by atoms with E-state index in [9.17, 15) is 4.79 Å². The Bertz CT molecular complexity index is 379. The first-order valence-corrected chi connectivity index (χ1v) is 6.45. The topological polar surface area (TPSA) is 55.8 Å². The summed E-state index contributed by atoms with van der Waals surface area (Å²) in [5.41, 5.74) is 0.234. The van der Waals surface area contributed by atoms with Gasteiger partial charge in [-0.3, -0.25) is 0 Å². The second-order valence-electron chi connectivity index (χ2n) is 3.33. The number of methoxy groups -OCH3 is 1. The van der Waals surface area contributed by atoms with Crippen LogP contribution in [-0.4, -0.2) is 37.7 Å². The third-order valence-electron chi connectivity index (χ3n) is 2.17. The zero-order valence-electron chi connectivity index (χ0n) is 9.93. The number of thioether (sulfide) groups is 1. The first-order valence-electron chi connectivity index (χ1n) is 5.22. The van der Waals surface area contributed by atoms with Crippen LogP contribution in [0.15, 0.2) is 23.1 Å². The maximum atomic E-state index is 11.2. The minimum Gasteiger partial charge on any atom is -0.493 e. The van der Waals surface area contributed by atoms with E-state index < -0.39 is 5.97 Å². The molecule has 5 heteroatoms. The predicted molar refractivity (Wildman–Crippen MR) is 67.2 cm³/mol. The van der Waals surface area contributed by atoms with E-state index in [-0.39, 0.29) is 5.56 Å². The van der Waals surface area contributed by atoms with Gasteiger partial charge in [-0.05, 0) is 18.4 Å². The van der Waals surface area contributed by atoms with Gasteiger partial charge >= 0.3 is 5.97 Å². The summed E-state index contributed by atoms with van der Waals surface area (Å²) < 4.78 is 10.4. The molecule has 0 saturated heterocycles. The van der Waals surface area contributed by atoms with Gasteiger partial charge in [-0.25, -0.2) is 4.79 Å². The summed E-state index contributed by atoms with van der Waals surface area (Å²) in [6.07, 6.45) is 2.58. The van der Waals surface area contributed by atoms with Crippen LogP contribution in [-0.2, 0) is 4.74 Å². The van der Waals surface area contributed by atoms with Crippen molar-refractivity contribution in [1.29, 1.82) is 0 Å². The van der Waals surface area contributed by atoms with Crippen molar-refractivity contribution >= 4 is 17.7 Å². The lowest BCUT2D eigenvalue weighted by molar-refractivity contribution is 0.0687. The van der Waals surface area contributed by atoms with E-state index >= 15 is 0 Å². The maximum Gasteiger partial charge on any atom is 0.340 e. The molecule has 1 aromatic carbocycles. The van der Waals surface area contributed by atoms with Crippen LogP contribution in [0.5, 0.6) is 5.75 Å². The minimum absolute atomic E-state index is 0.234. The van der Waals surface area contributed by atoms with E-state index in [1.54, 1.807) is 25.3 Å². The highest BCUT2D eigenvalue weighted by Gasteiger charge is 2.15. The number of carboxylic acid groups (broad SMARTS) is 1. The molecule has 0 radical (unpaired) electrons. The maximum absolute atomic E-state index is 11.2. The Morgan fingerprint density at radius 1 is 1.41 bits per heavy atom. The van der Waals surface area contributed by atoms with E-state index in [1.807, 2.05) is 6.26 Å². The van der Waals surface area contributed by atoms with Crippen LogP contribution in [0.3, 0.4) is 0 Å². The van der Waals surface area contributed by atoms with Gasteiger partial charge in [0.25, 0.3) is 0 Å². The molecule has 0 bridgehead atoms. The summed E-state index contributed by atoms with van der Waals surface area (Å²) in [5, 5.41) is 9.16. The lowest BCUT2D eigenvalue weighted by Gasteiger charge is -2.11. The highest BCUT2D eigenvalue weighted by molar-refractivity contribution is 7.98. The molecule has 17 heavy (non-hydrogen) atoms. The molecular weight excluding hydrogens is 240 g/mol. The second-order valence-corrected chi connectivity index (χ2v) is 4.18. The SMILES string of the molecule is COCCCOc1cccc(SC)c1C(=O)O. The van der Waals surface area contributed by atoms with Crippen LogP contribution >= 0.6 is 11.8 Å². The fourth-order valence-corrected chi connectivity index (χ4v) is 2.00. The number of carboxylic acids is 1. The standard InChI is InChI=1S/C12H16O4S/c1-15-7-4-8-16-9-5-3-6-10(17-2)11(9)12(13)14/h3,5-6H,4,7-8H2,1-2H3,(H,13,14). The van der Waals surface area contributed by atoms with Crippen molar-refractivity contribution in [2.45, 2.75) is 11.3 Å². The number of hydrogen-bond acceptors (Lipinski definition) is 4. The Balaban J connectivity index is 2.79. The summed E-state index contributed by atoms with van der Waals surface area (Å²) in [7, 11) is 1.62. The summed E-state index contributed by atoms with van der Waals surface area (Å²) in [4.78, 5) is 11.9. The van der Waals surface area contributed by atoms with Crippen LogP contribution in [0.2, 0.25) is 0 Å². The molecule has 0 aromatic heterocycles. The average molecular weight is 256 g/mol. The number of hydrogen-bond donors (Lipinski definition) is 1. The van der Waals surface area contributed by atoms with E-state index in [0.29, 0.717) is 23.9 Å². The Hall–Kier alpha value is -1.20. The molecule has 1 aromatic rings. The van der Waals surface area contributed by atoms with Crippen LogP contribution in [0.25, 0.3) is 0 Å². The third-order valence-corrected chi connectivity index (χ3v) is 2.95. The van der Waals surface area contributed by atoms with Gasteiger partial charge in [0.05, 0.1) is 6.61 Å². The van der Waals surface area contributed by atoms with E-state index in [0.717, 1.165) is 6.42 Å². The fraction of sp³-hybridized carbons (Fsp3) is 0.417. The number of rotatable bonds is 7. The monoisotopic (exact) mass is 256 g/mol. The Morgan fingerprint density at radius 2 is 2.18 bits per heavy atom. The number of benzene rings is 1. The molecule has 0 heterocycles. The normalized spacial score (nSPS) is 10.2. The van der Waals surface area contributed by atoms with Gasteiger partial charge in [0.2, 0.25) is 0 Å². The van der Waals surface area contributed by atoms with Crippen LogP contribution in [0.1, 0.15) is 16.8 Å². The van der Waals surface area contributed by atoms with Gasteiger partial charge < -0.3 is 14.6 Å². The van der Waals surface area contributed by atoms with Crippen molar-refractivity contribution in [3.05, 3.63) is 23.8 Å². The third kappa shape index (κ3) is 3.94. The Kier molecular flexibility index (Phi) is 5.86. The highest BCUT2D eigenvalue weighted by atomic mass is 32.2. The quantitative estimate of drug-likeness (QED) is 0.600. The zero-order chi connectivity index (χ0) is 12.7. The molecule has 0 unspecified atom stereocenters. The van der Waals surface area contributed by atoms with Crippen molar-refractivity contribution < 1.29 is 19.4 Å². The molecule has 1 N–H and O–H groups in total. The van der Waals surface area contributed by atoms with Crippen LogP contribution in [0.4, 0.5) is 0 Å². The summed E-state index contributed by atoms with van der Waals surface area (Å²) in [6, 6.07) is 5.25. The molecule has 0 aliphatic rings. The van der Waals surface area contributed by atoms with Crippen molar-refractivity contribution in [2.75, 3.05) is 26.6 Å². The van der Waals surface area contributed by atoms with Crippen molar-refractivity contribution in [1.82, 2.24) is 0 Å². The Labute approximate surface area is 105 Å². The fourth-order valence-electron chi connectivity index (χ4n) is 1.40. The van der Waals surface area contributed by atoms with E-state index in [4.69, 9.17) is 14.6 Å². The number of carbonyl (C=O) groups is 1. The van der Waals surface area contributed by atoms with Gasteiger partial charge in [0.15, 0.2) is 0 Å². The lowest BCUT2D eigenvalue weighted by Crippen LogP contribution is -2.07. The Morgan fingerprint density at radius 3 is 2.76 bits per heavy atom.